The molecule has 0 aliphatic carbocycles. The number of rotatable bonds is 6. The summed E-state index contributed by atoms with van der Waals surface area (Å²) >= 11 is 0. The molecule has 0 spiro atoms. The van der Waals surface area contributed by atoms with Gasteiger partial charge in [-0.2, -0.15) is 0 Å². The van der Waals surface area contributed by atoms with E-state index in [4.69, 9.17) is 14.6 Å². The van der Waals surface area contributed by atoms with Crippen LogP contribution < -0.4 is 20.1 Å². The first-order valence-corrected chi connectivity index (χ1v) is 8.40. The molecule has 6 nitrogen and oxygen atoms in total. The van der Waals surface area contributed by atoms with Gasteiger partial charge in [-0.05, 0) is 30.5 Å². The molecule has 1 aliphatic rings. The van der Waals surface area contributed by atoms with E-state index in [1.165, 1.54) is 0 Å². The number of benzene rings is 2. The van der Waals surface area contributed by atoms with E-state index in [0.29, 0.717) is 43.2 Å². The molecule has 132 valence electrons. The summed E-state index contributed by atoms with van der Waals surface area (Å²) in [6.45, 7) is 1.04. The van der Waals surface area contributed by atoms with Crippen LogP contribution in [0.4, 0.5) is 10.5 Å². The van der Waals surface area contributed by atoms with Crippen LogP contribution in [0, 0.1) is 0 Å². The molecule has 2 aromatic rings. The van der Waals surface area contributed by atoms with E-state index in [2.05, 4.69) is 10.6 Å². The van der Waals surface area contributed by atoms with Crippen molar-refractivity contribution in [2.75, 3.05) is 25.1 Å². The molecule has 0 aromatic heterocycles. The maximum absolute atomic E-state index is 12.5. The number of fused-ring (bicyclic) bond motifs is 1. The molecule has 1 aliphatic heterocycles. The lowest BCUT2D eigenvalue weighted by atomic mass is 10.0. The van der Waals surface area contributed by atoms with Crippen LogP contribution in [0.3, 0.4) is 0 Å². The van der Waals surface area contributed by atoms with Gasteiger partial charge in [0.15, 0.2) is 11.5 Å². The lowest BCUT2D eigenvalue weighted by Crippen LogP contribution is -2.33. The van der Waals surface area contributed by atoms with E-state index < -0.39 is 0 Å². The Labute approximate surface area is 146 Å². The third-order valence-electron chi connectivity index (χ3n) is 3.97. The zero-order valence-electron chi connectivity index (χ0n) is 13.9. The fourth-order valence-corrected chi connectivity index (χ4v) is 2.79. The molecule has 0 saturated heterocycles. The molecule has 0 saturated carbocycles. The molecule has 25 heavy (non-hydrogen) atoms. The van der Waals surface area contributed by atoms with Crippen LogP contribution in [0.2, 0.25) is 0 Å². The number of carbonyl (C=O) groups is 1. The molecular weight excluding hydrogens is 320 g/mol. The van der Waals surface area contributed by atoms with Gasteiger partial charge in [0.2, 0.25) is 0 Å². The van der Waals surface area contributed by atoms with E-state index in [1.54, 1.807) is 6.07 Å². The topological polar surface area (TPSA) is 79.8 Å². The summed E-state index contributed by atoms with van der Waals surface area (Å²) in [5, 5.41) is 14.9. The van der Waals surface area contributed by atoms with E-state index >= 15 is 0 Å². The monoisotopic (exact) mass is 342 g/mol. The highest BCUT2D eigenvalue weighted by molar-refractivity contribution is 5.91. The second-order valence-electron chi connectivity index (χ2n) is 5.76. The van der Waals surface area contributed by atoms with Gasteiger partial charge in [-0.3, -0.25) is 0 Å². The molecule has 2 aromatic carbocycles. The van der Waals surface area contributed by atoms with Crippen molar-refractivity contribution in [3.05, 3.63) is 54.1 Å². The number of anilines is 1. The van der Waals surface area contributed by atoms with Crippen LogP contribution in [0.15, 0.2) is 48.5 Å². The molecule has 2 amide bonds. The van der Waals surface area contributed by atoms with Crippen LogP contribution in [-0.4, -0.2) is 31.0 Å². The van der Waals surface area contributed by atoms with Gasteiger partial charge in [0.05, 0.1) is 11.7 Å². The van der Waals surface area contributed by atoms with Crippen molar-refractivity contribution in [1.29, 1.82) is 0 Å². The third kappa shape index (κ3) is 4.42. The minimum Gasteiger partial charge on any atom is -0.486 e. The van der Waals surface area contributed by atoms with Crippen LogP contribution >= 0.6 is 0 Å². The van der Waals surface area contributed by atoms with E-state index in [9.17, 15) is 4.79 Å². The Hall–Kier alpha value is -2.73. The number of hydrogen-bond acceptors (Lipinski definition) is 4. The Morgan fingerprint density at radius 2 is 1.88 bits per heavy atom. The molecule has 0 fully saturated rings. The van der Waals surface area contributed by atoms with Gasteiger partial charge in [0, 0.05) is 6.61 Å². The Kier molecular flexibility index (Phi) is 5.74. The first-order valence-electron chi connectivity index (χ1n) is 8.40. The maximum Gasteiger partial charge on any atom is 0.319 e. The molecule has 0 bridgehead atoms. The summed E-state index contributed by atoms with van der Waals surface area (Å²) in [5.41, 5.74) is 1.57. The maximum atomic E-state index is 12.5. The fourth-order valence-electron chi connectivity index (χ4n) is 2.79. The van der Waals surface area contributed by atoms with Gasteiger partial charge in [-0.1, -0.05) is 36.4 Å². The van der Waals surface area contributed by atoms with E-state index in [-0.39, 0.29) is 18.7 Å². The SMILES string of the molecule is O=C(Nc1cccc2c1OCCO2)N[C@@H](CCCO)c1ccccc1. The number of nitrogens with one attached hydrogen (secondary N) is 2. The number of para-hydroxylation sites is 1. The number of aliphatic hydroxyl groups excluding tert-OH is 1. The predicted octanol–water partition coefficient (Wildman–Crippen LogP) is 3.09. The lowest BCUT2D eigenvalue weighted by Gasteiger charge is -2.23. The molecule has 1 atom stereocenters. The molecule has 6 heteroatoms. The van der Waals surface area contributed by atoms with Gasteiger partial charge in [-0.15, -0.1) is 0 Å². The average molecular weight is 342 g/mol. The standard InChI is InChI=1S/C19H22N2O4/c22-11-5-9-15(14-6-2-1-3-7-14)20-19(23)21-16-8-4-10-17-18(16)25-13-12-24-17/h1-4,6-8,10,15,22H,5,9,11-13H2,(H2,20,21,23)/t15-/m0/s1. The van der Waals surface area contributed by atoms with Crippen molar-refractivity contribution in [1.82, 2.24) is 5.32 Å². The normalized spacial score (nSPS) is 13.8. The summed E-state index contributed by atoms with van der Waals surface area (Å²) in [5.74, 6) is 1.18. The highest BCUT2D eigenvalue weighted by Crippen LogP contribution is 2.37. The van der Waals surface area contributed by atoms with Crippen molar-refractivity contribution < 1.29 is 19.4 Å². The number of hydrogen-bond donors (Lipinski definition) is 3. The largest absolute Gasteiger partial charge is 0.486 e. The third-order valence-corrected chi connectivity index (χ3v) is 3.97. The number of amides is 2. The summed E-state index contributed by atoms with van der Waals surface area (Å²) in [7, 11) is 0. The van der Waals surface area contributed by atoms with Crippen molar-refractivity contribution >= 4 is 11.7 Å². The van der Waals surface area contributed by atoms with Crippen molar-refractivity contribution in [2.24, 2.45) is 0 Å². The van der Waals surface area contributed by atoms with Crippen molar-refractivity contribution in [2.45, 2.75) is 18.9 Å². The van der Waals surface area contributed by atoms with Gasteiger partial charge >= 0.3 is 6.03 Å². The number of aliphatic hydroxyl groups is 1. The van der Waals surface area contributed by atoms with Gasteiger partial charge in [-0.25, -0.2) is 4.79 Å². The number of ether oxygens (including phenoxy) is 2. The van der Waals surface area contributed by atoms with Gasteiger partial charge in [0.25, 0.3) is 0 Å². The highest BCUT2D eigenvalue weighted by Gasteiger charge is 2.19. The van der Waals surface area contributed by atoms with E-state index in [0.717, 1.165) is 5.56 Å². The Balaban J connectivity index is 1.70. The van der Waals surface area contributed by atoms with Gasteiger partial charge in [0.1, 0.15) is 13.2 Å². The predicted molar refractivity (Wildman–Crippen MR) is 95.1 cm³/mol. The fraction of sp³-hybridized carbons (Fsp3) is 0.316. The van der Waals surface area contributed by atoms with Crippen LogP contribution in [0.5, 0.6) is 11.5 Å². The smallest absolute Gasteiger partial charge is 0.319 e. The Morgan fingerprint density at radius 3 is 2.68 bits per heavy atom. The van der Waals surface area contributed by atoms with Crippen LogP contribution in [0.1, 0.15) is 24.4 Å². The quantitative estimate of drug-likeness (QED) is 0.754. The lowest BCUT2D eigenvalue weighted by molar-refractivity contribution is 0.172. The zero-order chi connectivity index (χ0) is 17.5. The molecule has 0 unspecified atom stereocenters. The molecule has 0 radical (unpaired) electrons. The first kappa shape index (κ1) is 17.1. The second kappa shape index (κ2) is 8.39. The molecule has 3 N–H and O–H groups in total. The van der Waals surface area contributed by atoms with Gasteiger partial charge < -0.3 is 25.2 Å². The first-order chi connectivity index (χ1) is 12.3. The van der Waals surface area contributed by atoms with Crippen molar-refractivity contribution in [3.8, 4) is 11.5 Å². The number of urea groups is 1. The minimum atomic E-state index is -0.325. The Bertz CT molecular complexity index is 706. The summed E-state index contributed by atoms with van der Waals surface area (Å²) < 4.78 is 11.1. The Morgan fingerprint density at radius 1 is 1.08 bits per heavy atom. The zero-order valence-corrected chi connectivity index (χ0v) is 13.9. The van der Waals surface area contributed by atoms with Crippen molar-refractivity contribution in [3.63, 3.8) is 0 Å². The average Bonchev–Trinajstić information content (AvgIpc) is 2.66. The molecular formula is C19H22N2O4. The number of carbonyl (C=O) groups excluding carboxylic acids is 1. The summed E-state index contributed by atoms with van der Waals surface area (Å²) in [6.07, 6.45) is 1.26. The minimum absolute atomic E-state index is 0.0873. The van der Waals surface area contributed by atoms with Crippen LogP contribution in [0.25, 0.3) is 0 Å². The molecule has 1 heterocycles. The summed E-state index contributed by atoms with van der Waals surface area (Å²) in [6, 6.07) is 14.6. The van der Waals surface area contributed by atoms with Crippen LogP contribution in [-0.2, 0) is 0 Å². The highest BCUT2D eigenvalue weighted by atomic mass is 16.6. The van der Waals surface area contributed by atoms with E-state index in [1.807, 2.05) is 42.5 Å². The molecule has 3 rings (SSSR count). The second-order valence-corrected chi connectivity index (χ2v) is 5.76. The summed E-state index contributed by atoms with van der Waals surface area (Å²) in [4.78, 5) is 12.5.